The maximum absolute atomic E-state index is 5.80. The van der Waals surface area contributed by atoms with Crippen LogP contribution in [0, 0.1) is 0 Å². The molecule has 0 unspecified atom stereocenters. The van der Waals surface area contributed by atoms with Crippen LogP contribution in [0.3, 0.4) is 0 Å². The highest BCUT2D eigenvalue weighted by atomic mass is 35.5. The quantitative estimate of drug-likeness (QED) is 0.764. The molecule has 0 fully saturated rings. The Kier molecular flexibility index (Phi) is 3.31. The van der Waals surface area contributed by atoms with Crippen molar-refractivity contribution < 1.29 is 0 Å². The molecule has 16 heavy (non-hydrogen) atoms. The standard InChI is InChI=1S/C11H11ClN4/c1-16(7-9-4-2-3-5-13-9)11-6-10(12)14-8-15-11/h2-6,8H,7H2,1H3. The number of aromatic nitrogens is 3. The number of pyridine rings is 1. The molecule has 0 radical (unpaired) electrons. The van der Waals surface area contributed by atoms with Gasteiger partial charge in [0.2, 0.25) is 0 Å². The van der Waals surface area contributed by atoms with Gasteiger partial charge in [-0.05, 0) is 12.1 Å². The highest BCUT2D eigenvalue weighted by molar-refractivity contribution is 6.29. The number of halogens is 1. The summed E-state index contributed by atoms with van der Waals surface area (Å²) in [5, 5.41) is 0.442. The fourth-order valence-electron chi connectivity index (χ4n) is 1.35. The molecule has 0 aliphatic heterocycles. The molecule has 0 atom stereocenters. The monoisotopic (exact) mass is 234 g/mol. The Morgan fingerprint density at radius 1 is 1.25 bits per heavy atom. The van der Waals surface area contributed by atoms with Gasteiger partial charge in [0.25, 0.3) is 0 Å². The van der Waals surface area contributed by atoms with Crippen LogP contribution in [-0.2, 0) is 6.54 Å². The van der Waals surface area contributed by atoms with Crippen molar-refractivity contribution in [2.24, 2.45) is 0 Å². The molecule has 0 spiro atoms. The van der Waals surface area contributed by atoms with Crippen LogP contribution in [0.1, 0.15) is 5.69 Å². The van der Waals surface area contributed by atoms with Gasteiger partial charge >= 0.3 is 0 Å². The lowest BCUT2D eigenvalue weighted by Gasteiger charge is -2.17. The molecule has 0 aliphatic rings. The molecule has 0 saturated carbocycles. The van der Waals surface area contributed by atoms with Gasteiger partial charge in [0.1, 0.15) is 17.3 Å². The first-order valence-electron chi connectivity index (χ1n) is 4.84. The first kappa shape index (κ1) is 10.8. The molecule has 0 aliphatic carbocycles. The second-order valence-electron chi connectivity index (χ2n) is 3.38. The zero-order chi connectivity index (χ0) is 11.4. The highest BCUT2D eigenvalue weighted by Gasteiger charge is 2.04. The third kappa shape index (κ3) is 2.67. The van der Waals surface area contributed by atoms with Crippen molar-refractivity contribution in [2.75, 3.05) is 11.9 Å². The SMILES string of the molecule is CN(Cc1ccccn1)c1cc(Cl)ncn1. The van der Waals surface area contributed by atoms with Crippen molar-refractivity contribution in [1.82, 2.24) is 15.0 Å². The number of rotatable bonds is 3. The first-order valence-corrected chi connectivity index (χ1v) is 5.22. The molecule has 2 heterocycles. The van der Waals surface area contributed by atoms with Crippen LogP contribution < -0.4 is 4.90 Å². The zero-order valence-electron chi connectivity index (χ0n) is 8.84. The van der Waals surface area contributed by atoms with E-state index >= 15 is 0 Å². The van der Waals surface area contributed by atoms with E-state index < -0.39 is 0 Å². The van der Waals surface area contributed by atoms with Crippen molar-refractivity contribution in [3.05, 3.63) is 47.6 Å². The Morgan fingerprint density at radius 2 is 2.12 bits per heavy atom. The molecule has 2 aromatic heterocycles. The van der Waals surface area contributed by atoms with Gasteiger partial charge in [-0.15, -0.1) is 0 Å². The number of nitrogens with zero attached hydrogens (tertiary/aromatic N) is 4. The van der Waals surface area contributed by atoms with Crippen LogP contribution in [0.15, 0.2) is 36.8 Å². The van der Waals surface area contributed by atoms with Gasteiger partial charge in [-0.25, -0.2) is 9.97 Å². The van der Waals surface area contributed by atoms with Crippen LogP contribution in [0.2, 0.25) is 5.15 Å². The summed E-state index contributed by atoms with van der Waals surface area (Å²) in [6.07, 6.45) is 3.22. The van der Waals surface area contributed by atoms with Gasteiger partial charge in [-0.3, -0.25) is 4.98 Å². The lowest BCUT2D eigenvalue weighted by molar-refractivity contribution is 0.861. The van der Waals surface area contributed by atoms with Crippen LogP contribution in [0.4, 0.5) is 5.82 Å². The van der Waals surface area contributed by atoms with Crippen LogP contribution in [0.5, 0.6) is 0 Å². The second kappa shape index (κ2) is 4.90. The first-order chi connectivity index (χ1) is 7.75. The highest BCUT2D eigenvalue weighted by Crippen LogP contribution is 2.14. The smallest absolute Gasteiger partial charge is 0.134 e. The maximum atomic E-state index is 5.80. The Bertz CT molecular complexity index is 461. The van der Waals surface area contributed by atoms with E-state index in [1.54, 1.807) is 12.3 Å². The van der Waals surface area contributed by atoms with Crippen molar-refractivity contribution in [3.8, 4) is 0 Å². The molecule has 0 amide bonds. The predicted octanol–water partition coefficient (Wildman–Crippen LogP) is 2.16. The van der Waals surface area contributed by atoms with Gasteiger partial charge < -0.3 is 4.90 Å². The largest absolute Gasteiger partial charge is 0.354 e. The second-order valence-corrected chi connectivity index (χ2v) is 3.76. The Morgan fingerprint density at radius 3 is 2.81 bits per heavy atom. The van der Waals surface area contributed by atoms with E-state index in [0.29, 0.717) is 11.7 Å². The Labute approximate surface area is 98.9 Å². The van der Waals surface area contributed by atoms with E-state index in [1.165, 1.54) is 6.33 Å². The molecule has 5 heteroatoms. The fourth-order valence-corrected chi connectivity index (χ4v) is 1.49. The van der Waals surface area contributed by atoms with E-state index in [-0.39, 0.29) is 0 Å². The van der Waals surface area contributed by atoms with Gasteiger partial charge in [-0.1, -0.05) is 17.7 Å². The van der Waals surface area contributed by atoms with Gasteiger partial charge in [0, 0.05) is 19.3 Å². The third-order valence-electron chi connectivity index (χ3n) is 2.14. The number of anilines is 1. The van der Waals surface area contributed by atoms with E-state index in [1.807, 2.05) is 30.1 Å². The molecule has 0 N–H and O–H groups in total. The van der Waals surface area contributed by atoms with Crippen LogP contribution in [0.25, 0.3) is 0 Å². The van der Waals surface area contributed by atoms with Crippen molar-refractivity contribution in [2.45, 2.75) is 6.54 Å². The summed E-state index contributed by atoms with van der Waals surface area (Å²) in [6, 6.07) is 7.55. The maximum Gasteiger partial charge on any atom is 0.134 e. The molecular weight excluding hydrogens is 224 g/mol. The summed E-state index contributed by atoms with van der Waals surface area (Å²) in [5.41, 5.74) is 0.986. The average molecular weight is 235 g/mol. The normalized spacial score (nSPS) is 10.1. The molecule has 0 aromatic carbocycles. The van der Waals surface area contributed by atoms with Crippen molar-refractivity contribution in [3.63, 3.8) is 0 Å². The van der Waals surface area contributed by atoms with E-state index in [2.05, 4.69) is 15.0 Å². The van der Waals surface area contributed by atoms with Gasteiger partial charge in [0.05, 0.1) is 12.2 Å². The molecule has 0 saturated heterocycles. The molecule has 4 nitrogen and oxygen atoms in total. The molecule has 82 valence electrons. The topological polar surface area (TPSA) is 41.9 Å². The number of hydrogen-bond acceptors (Lipinski definition) is 4. The molecule has 2 rings (SSSR count). The summed E-state index contributed by atoms with van der Waals surface area (Å²) < 4.78 is 0. The van der Waals surface area contributed by atoms with E-state index in [4.69, 9.17) is 11.6 Å². The average Bonchev–Trinajstić information content (AvgIpc) is 2.30. The zero-order valence-corrected chi connectivity index (χ0v) is 9.59. The minimum absolute atomic E-state index is 0.442. The van der Waals surface area contributed by atoms with E-state index in [9.17, 15) is 0 Å². The summed E-state index contributed by atoms with van der Waals surface area (Å²) in [6.45, 7) is 0.689. The van der Waals surface area contributed by atoms with Gasteiger partial charge in [0.15, 0.2) is 0 Å². The minimum atomic E-state index is 0.442. The summed E-state index contributed by atoms with van der Waals surface area (Å²) in [5.74, 6) is 0.783. The van der Waals surface area contributed by atoms with Crippen LogP contribution in [-0.4, -0.2) is 22.0 Å². The summed E-state index contributed by atoms with van der Waals surface area (Å²) in [7, 11) is 1.94. The molecule has 0 bridgehead atoms. The van der Waals surface area contributed by atoms with E-state index in [0.717, 1.165) is 11.5 Å². The van der Waals surface area contributed by atoms with Crippen LogP contribution >= 0.6 is 11.6 Å². The summed E-state index contributed by atoms with van der Waals surface area (Å²) in [4.78, 5) is 14.2. The predicted molar refractivity (Wildman–Crippen MR) is 63.4 cm³/mol. The number of hydrogen-bond donors (Lipinski definition) is 0. The van der Waals surface area contributed by atoms with Crippen molar-refractivity contribution >= 4 is 17.4 Å². The van der Waals surface area contributed by atoms with Gasteiger partial charge in [-0.2, -0.15) is 0 Å². The fraction of sp³-hybridized carbons (Fsp3) is 0.182. The molecule has 2 aromatic rings. The Balaban J connectivity index is 2.12. The minimum Gasteiger partial charge on any atom is -0.354 e. The van der Waals surface area contributed by atoms with Crippen molar-refractivity contribution in [1.29, 1.82) is 0 Å². The Hall–Kier alpha value is -1.68. The lowest BCUT2D eigenvalue weighted by atomic mass is 10.3. The molecular formula is C11H11ClN4. The summed E-state index contributed by atoms with van der Waals surface area (Å²) >= 11 is 5.80. The lowest BCUT2D eigenvalue weighted by Crippen LogP contribution is -2.18. The third-order valence-corrected chi connectivity index (χ3v) is 2.34.